The van der Waals surface area contributed by atoms with E-state index in [1.165, 1.54) is 12.1 Å². The van der Waals surface area contributed by atoms with Gasteiger partial charge in [-0.05, 0) is 93.7 Å². The number of aromatic nitrogens is 1. The van der Waals surface area contributed by atoms with E-state index >= 15 is 0 Å². The Bertz CT molecular complexity index is 1010. The third-order valence-corrected chi connectivity index (χ3v) is 7.51. The van der Waals surface area contributed by atoms with Gasteiger partial charge in [-0.3, -0.25) is 9.78 Å². The number of carbonyl (C=O) groups excluding carboxylic acids is 1. The lowest BCUT2D eigenvalue weighted by Gasteiger charge is -2.43. The highest BCUT2D eigenvalue weighted by molar-refractivity contribution is 5.79. The number of benzene rings is 1. The van der Waals surface area contributed by atoms with E-state index in [2.05, 4.69) is 10.3 Å². The van der Waals surface area contributed by atoms with E-state index < -0.39 is 11.7 Å². The Morgan fingerprint density at radius 3 is 2.54 bits per heavy atom. The fourth-order valence-electron chi connectivity index (χ4n) is 5.54. The Kier molecular flexibility index (Phi) is 7.57. The number of hydrogen-bond acceptors (Lipinski definition) is 4. The Morgan fingerprint density at radius 2 is 1.86 bits per heavy atom. The average Bonchev–Trinajstić information content (AvgIpc) is 2.83. The lowest BCUT2D eigenvalue weighted by molar-refractivity contribution is -0.137. The zero-order valence-electron chi connectivity index (χ0n) is 20.5. The van der Waals surface area contributed by atoms with Gasteiger partial charge in [-0.1, -0.05) is 0 Å². The topological polar surface area (TPSA) is 54.5 Å². The molecule has 8 heteroatoms. The highest BCUT2D eigenvalue weighted by Crippen LogP contribution is 2.44. The number of pyridine rings is 1. The molecule has 5 nitrogen and oxygen atoms in total. The van der Waals surface area contributed by atoms with Crippen LogP contribution in [0.25, 0.3) is 0 Å². The third kappa shape index (κ3) is 6.08. The minimum Gasteiger partial charge on any atom is -0.490 e. The summed E-state index contributed by atoms with van der Waals surface area (Å²) in [5.41, 5.74) is 1.20. The highest BCUT2D eigenvalue weighted by atomic mass is 19.4. The predicted molar refractivity (Wildman–Crippen MR) is 129 cm³/mol. The zero-order valence-corrected chi connectivity index (χ0v) is 20.5. The molecular formula is C27H34F3N3O2. The number of alkyl halides is 3. The van der Waals surface area contributed by atoms with Crippen molar-refractivity contribution >= 4 is 11.6 Å². The number of rotatable bonds is 6. The van der Waals surface area contributed by atoms with E-state index in [0.717, 1.165) is 62.0 Å². The molecule has 2 fully saturated rings. The van der Waals surface area contributed by atoms with E-state index in [0.29, 0.717) is 17.6 Å². The maximum absolute atomic E-state index is 13.1. The van der Waals surface area contributed by atoms with Crippen LogP contribution in [0.15, 0.2) is 42.6 Å². The zero-order chi connectivity index (χ0) is 25.2. The molecule has 1 N–H and O–H groups in total. The molecule has 4 rings (SSSR count). The smallest absolute Gasteiger partial charge is 0.416 e. The van der Waals surface area contributed by atoms with Crippen LogP contribution in [0.1, 0.15) is 62.7 Å². The van der Waals surface area contributed by atoms with Crippen LogP contribution < -0.4 is 15.0 Å². The van der Waals surface area contributed by atoms with Gasteiger partial charge in [0.1, 0.15) is 11.9 Å². The van der Waals surface area contributed by atoms with Crippen molar-refractivity contribution in [1.82, 2.24) is 10.3 Å². The predicted octanol–water partition coefficient (Wildman–Crippen LogP) is 6.01. The molecule has 2 aromatic rings. The molecule has 2 aliphatic rings. The molecule has 2 aliphatic carbocycles. The normalized spacial score (nSPS) is 25.3. The van der Waals surface area contributed by atoms with Crippen LogP contribution >= 0.6 is 0 Å². The van der Waals surface area contributed by atoms with Gasteiger partial charge in [0.2, 0.25) is 5.91 Å². The van der Waals surface area contributed by atoms with Gasteiger partial charge in [-0.25, -0.2) is 0 Å². The average molecular weight is 490 g/mol. The fourth-order valence-corrected chi connectivity index (χ4v) is 5.54. The molecule has 35 heavy (non-hydrogen) atoms. The number of nitrogens with one attached hydrogen (secondary N) is 1. The van der Waals surface area contributed by atoms with Crippen molar-refractivity contribution < 1.29 is 22.7 Å². The van der Waals surface area contributed by atoms with Crippen molar-refractivity contribution in [2.45, 2.75) is 63.8 Å². The van der Waals surface area contributed by atoms with Gasteiger partial charge in [0.15, 0.2) is 0 Å². The van der Waals surface area contributed by atoms with Gasteiger partial charge in [0.25, 0.3) is 0 Å². The van der Waals surface area contributed by atoms with E-state index in [1.54, 1.807) is 6.20 Å². The Balaban J connectivity index is 1.34. The minimum absolute atomic E-state index is 0.0219. The summed E-state index contributed by atoms with van der Waals surface area (Å²) >= 11 is 0. The molecular weight excluding hydrogens is 455 g/mol. The van der Waals surface area contributed by atoms with Crippen molar-refractivity contribution in [2.24, 2.45) is 17.8 Å². The molecule has 0 aliphatic heterocycles. The number of ether oxygens (including phenoxy) is 1. The van der Waals surface area contributed by atoms with E-state index in [1.807, 2.05) is 38.1 Å². The molecule has 5 atom stereocenters. The maximum atomic E-state index is 13.1. The van der Waals surface area contributed by atoms with Crippen LogP contribution in [0.2, 0.25) is 0 Å². The van der Waals surface area contributed by atoms with E-state index in [4.69, 9.17) is 4.74 Å². The second kappa shape index (κ2) is 10.5. The molecule has 0 saturated heterocycles. The molecule has 0 radical (unpaired) electrons. The standard InChI is InChI=1S/C27H34F3N3O2/c1-17(24-16-21(33(2)3)13-14-31-24)32-26(34)19-7-12-23-18(15-19)5-4-6-25(23)35-22-10-8-20(9-11-22)27(28,29)30/h8-11,13-14,16-19,23,25H,4-7,12,15H2,1-3H3,(H,32,34). The first kappa shape index (κ1) is 25.3. The summed E-state index contributed by atoms with van der Waals surface area (Å²) in [6.07, 6.45) is 2.83. The quantitative estimate of drug-likeness (QED) is 0.540. The van der Waals surface area contributed by atoms with Crippen LogP contribution in [-0.4, -0.2) is 31.1 Å². The van der Waals surface area contributed by atoms with Crippen molar-refractivity contribution in [1.29, 1.82) is 0 Å². The minimum atomic E-state index is -4.35. The maximum Gasteiger partial charge on any atom is 0.416 e. The van der Waals surface area contributed by atoms with Crippen molar-refractivity contribution in [3.05, 3.63) is 53.9 Å². The van der Waals surface area contributed by atoms with Crippen LogP contribution in [0, 0.1) is 17.8 Å². The van der Waals surface area contributed by atoms with Gasteiger partial charge in [0.05, 0.1) is 17.3 Å². The number of hydrogen-bond donors (Lipinski definition) is 1. The Labute approximate surface area is 205 Å². The summed E-state index contributed by atoms with van der Waals surface area (Å²) < 4.78 is 44.7. The van der Waals surface area contributed by atoms with Crippen LogP contribution in [-0.2, 0) is 11.0 Å². The first-order chi connectivity index (χ1) is 16.6. The molecule has 2 saturated carbocycles. The molecule has 1 aromatic heterocycles. The third-order valence-electron chi connectivity index (χ3n) is 7.51. The van der Waals surface area contributed by atoms with Crippen LogP contribution in [0.4, 0.5) is 18.9 Å². The molecule has 0 spiro atoms. The number of carbonyl (C=O) groups is 1. The number of nitrogens with zero attached hydrogens (tertiary/aromatic N) is 2. The SMILES string of the molecule is CC(NC(=O)C1CCC2C(CCCC2Oc2ccc(C(F)(F)F)cc2)C1)c1cc(N(C)C)ccn1. The molecule has 1 heterocycles. The van der Waals surface area contributed by atoms with Crippen molar-refractivity contribution in [3.63, 3.8) is 0 Å². The Morgan fingerprint density at radius 1 is 1.11 bits per heavy atom. The molecule has 1 aromatic carbocycles. The summed E-state index contributed by atoms with van der Waals surface area (Å²) in [7, 11) is 3.94. The summed E-state index contributed by atoms with van der Waals surface area (Å²) in [6, 6.07) is 8.71. The van der Waals surface area contributed by atoms with Crippen molar-refractivity contribution in [3.8, 4) is 5.75 Å². The lowest BCUT2D eigenvalue weighted by atomic mass is 9.66. The summed E-state index contributed by atoms with van der Waals surface area (Å²) in [4.78, 5) is 19.5. The second-order valence-corrected chi connectivity index (χ2v) is 10.1. The van der Waals surface area contributed by atoms with Gasteiger partial charge in [-0.2, -0.15) is 13.2 Å². The largest absolute Gasteiger partial charge is 0.490 e. The molecule has 190 valence electrons. The van der Waals surface area contributed by atoms with Crippen LogP contribution in [0.5, 0.6) is 5.75 Å². The van der Waals surface area contributed by atoms with Gasteiger partial charge in [-0.15, -0.1) is 0 Å². The van der Waals surface area contributed by atoms with Crippen LogP contribution in [0.3, 0.4) is 0 Å². The second-order valence-electron chi connectivity index (χ2n) is 10.1. The van der Waals surface area contributed by atoms with Gasteiger partial charge < -0.3 is 15.0 Å². The summed E-state index contributed by atoms with van der Waals surface area (Å²) in [6.45, 7) is 1.96. The number of amides is 1. The van der Waals surface area contributed by atoms with Crippen molar-refractivity contribution in [2.75, 3.05) is 19.0 Å². The number of anilines is 1. The highest BCUT2D eigenvalue weighted by Gasteiger charge is 2.41. The van der Waals surface area contributed by atoms with Gasteiger partial charge >= 0.3 is 6.18 Å². The summed E-state index contributed by atoms with van der Waals surface area (Å²) in [5.74, 6) is 1.22. The Hall–Kier alpha value is -2.77. The molecule has 5 unspecified atom stereocenters. The lowest BCUT2D eigenvalue weighted by Crippen LogP contribution is -2.43. The summed E-state index contributed by atoms with van der Waals surface area (Å²) in [5, 5.41) is 3.15. The monoisotopic (exact) mass is 489 g/mol. The number of fused-ring (bicyclic) bond motifs is 1. The molecule has 1 amide bonds. The molecule has 0 bridgehead atoms. The van der Waals surface area contributed by atoms with E-state index in [9.17, 15) is 18.0 Å². The number of halogens is 3. The fraction of sp³-hybridized carbons (Fsp3) is 0.556. The first-order valence-electron chi connectivity index (χ1n) is 12.4. The van der Waals surface area contributed by atoms with E-state index in [-0.39, 0.29) is 24.0 Å². The van der Waals surface area contributed by atoms with Gasteiger partial charge in [0, 0.05) is 31.9 Å². The first-order valence-corrected chi connectivity index (χ1v) is 12.4.